The molecule has 5 nitrogen and oxygen atoms in total. The fraction of sp³-hybridized carbons (Fsp3) is 0.222. The van der Waals surface area contributed by atoms with Crippen molar-refractivity contribution in [3.63, 3.8) is 0 Å². The van der Waals surface area contributed by atoms with Gasteiger partial charge in [-0.2, -0.15) is 0 Å². The van der Waals surface area contributed by atoms with Crippen LogP contribution in [0.5, 0.6) is 11.5 Å². The molecule has 0 aliphatic carbocycles. The highest BCUT2D eigenvalue weighted by Crippen LogP contribution is 2.36. The van der Waals surface area contributed by atoms with Crippen molar-refractivity contribution in [1.82, 2.24) is 4.98 Å². The minimum atomic E-state index is -0.783. The minimum absolute atomic E-state index is 0.0148. The molecule has 1 N–H and O–H groups in total. The summed E-state index contributed by atoms with van der Waals surface area (Å²) in [5, 5.41) is 10.5. The molecule has 1 atom stereocenters. The predicted octanol–water partition coefficient (Wildman–Crippen LogP) is 6.29. The van der Waals surface area contributed by atoms with Crippen LogP contribution in [0, 0.1) is 5.92 Å². The average Bonchev–Trinajstić information content (AvgIpc) is 3.28. The highest BCUT2D eigenvalue weighted by Gasteiger charge is 2.23. The van der Waals surface area contributed by atoms with Gasteiger partial charge in [-0.15, -0.1) is 0 Å². The van der Waals surface area contributed by atoms with Crippen LogP contribution in [-0.4, -0.2) is 17.2 Å². The van der Waals surface area contributed by atoms with Crippen LogP contribution in [0.25, 0.3) is 22.6 Å². The number of rotatable bonds is 8. The quantitative estimate of drug-likeness (QED) is 0.357. The molecule has 0 spiro atoms. The van der Waals surface area contributed by atoms with Gasteiger partial charge in [-0.1, -0.05) is 44.2 Å². The molecule has 4 aromatic rings. The van der Waals surface area contributed by atoms with E-state index in [4.69, 9.17) is 13.9 Å². The van der Waals surface area contributed by atoms with Crippen molar-refractivity contribution >= 4 is 0 Å². The van der Waals surface area contributed by atoms with E-state index in [1.807, 2.05) is 92.7 Å². The lowest BCUT2D eigenvalue weighted by atomic mass is 10.1. The number of nitrogens with zero attached hydrogens (tertiary/aromatic N) is 1. The SMILES string of the molecule is COc1ccc(-c2nc(C(O)C(C)C)oc2-c2ccc(OCc3ccccc3)cc2)cc1. The van der Waals surface area contributed by atoms with Gasteiger partial charge in [0, 0.05) is 11.1 Å². The molecule has 1 unspecified atom stereocenters. The number of hydrogen-bond donors (Lipinski definition) is 1. The van der Waals surface area contributed by atoms with Gasteiger partial charge in [0.2, 0.25) is 5.89 Å². The lowest BCUT2D eigenvalue weighted by Gasteiger charge is -2.09. The van der Waals surface area contributed by atoms with E-state index in [2.05, 4.69) is 4.98 Å². The molecule has 0 fully saturated rings. The van der Waals surface area contributed by atoms with E-state index in [0.717, 1.165) is 28.2 Å². The summed E-state index contributed by atoms with van der Waals surface area (Å²) in [5.41, 5.74) is 3.54. The van der Waals surface area contributed by atoms with Gasteiger partial charge in [-0.3, -0.25) is 0 Å². The van der Waals surface area contributed by atoms with Crippen molar-refractivity contribution < 1.29 is 19.0 Å². The first-order valence-electron chi connectivity index (χ1n) is 10.7. The molecule has 1 aromatic heterocycles. The summed E-state index contributed by atoms with van der Waals surface area (Å²) in [5.74, 6) is 2.44. The Labute approximate surface area is 188 Å². The number of methoxy groups -OCH3 is 1. The number of oxazole rings is 1. The molecule has 0 bridgehead atoms. The number of aliphatic hydroxyl groups excluding tert-OH is 1. The standard InChI is InChI=1S/C27H27NO4/c1-18(2)25(29)27-28-24(20-9-13-22(30-3)14-10-20)26(32-27)21-11-15-23(16-12-21)31-17-19-7-5-4-6-8-19/h4-16,18,25,29H,17H2,1-3H3. The van der Waals surface area contributed by atoms with Crippen LogP contribution in [0.15, 0.2) is 83.3 Å². The van der Waals surface area contributed by atoms with Crippen LogP contribution in [0.4, 0.5) is 0 Å². The van der Waals surface area contributed by atoms with Crippen molar-refractivity contribution in [2.75, 3.05) is 7.11 Å². The summed E-state index contributed by atoms with van der Waals surface area (Å²) in [7, 11) is 1.63. The van der Waals surface area contributed by atoms with Crippen molar-refractivity contribution in [1.29, 1.82) is 0 Å². The molecule has 1 heterocycles. The highest BCUT2D eigenvalue weighted by atomic mass is 16.5. The zero-order valence-electron chi connectivity index (χ0n) is 18.5. The molecule has 0 saturated carbocycles. The molecule has 0 aliphatic rings. The topological polar surface area (TPSA) is 64.7 Å². The first kappa shape index (κ1) is 21.7. The highest BCUT2D eigenvalue weighted by molar-refractivity contribution is 5.77. The first-order chi connectivity index (χ1) is 15.5. The summed E-state index contributed by atoms with van der Waals surface area (Å²) in [4.78, 5) is 4.64. The van der Waals surface area contributed by atoms with Crippen LogP contribution >= 0.6 is 0 Å². The Balaban J connectivity index is 1.63. The van der Waals surface area contributed by atoms with E-state index in [9.17, 15) is 5.11 Å². The van der Waals surface area contributed by atoms with Gasteiger partial charge in [0.05, 0.1) is 7.11 Å². The van der Waals surface area contributed by atoms with Gasteiger partial charge in [0.25, 0.3) is 0 Å². The van der Waals surface area contributed by atoms with Gasteiger partial charge in [0.1, 0.15) is 29.9 Å². The van der Waals surface area contributed by atoms with Gasteiger partial charge in [-0.05, 0) is 60.0 Å². The Kier molecular flexibility index (Phi) is 6.57. The molecule has 0 aliphatic heterocycles. The van der Waals surface area contributed by atoms with Gasteiger partial charge < -0.3 is 19.0 Å². The van der Waals surface area contributed by atoms with Crippen molar-refractivity contribution in [3.05, 3.63) is 90.3 Å². The second-order valence-corrected chi connectivity index (χ2v) is 7.95. The van der Waals surface area contributed by atoms with E-state index < -0.39 is 6.10 Å². The van der Waals surface area contributed by atoms with Gasteiger partial charge >= 0.3 is 0 Å². The Hall–Kier alpha value is -3.57. The maximum atomic E-state index is 10.5. The first-order valence-corrected chi connectivity index (χ1v) is 10.7. The lowest BCUT2D eigenvalue weighted by Crippen LogP contribution is -2.05. The molecule has 0 amide bonds. The second kappa shape index (κ2) is 9.71. The fourth-order valence-electron chi connectivity index (χ4n) is 3.33. The molecule has 0 radical (unpaired) electrons. The van der Waals surface area contributed by atoms with Crippen molar-refractivity contribution in [2.24, 2.45) is 5.92 Å². The summed E-state index contributed by atoms with van der Waals surface area (Å²) < 4.78 is 17.2. The molecule has 3 aromatic carbocycles. The summed E-state index contributed by atoms with van der Waals surface area (Å²) in [6, 6.07) is 25.4. The number of ether oxygens (including phenoxy) is 2. The molecule has 4 rings (SSSR count). The van der Waals surface area contributed by atoms with E-state index in [-0.39, 0.29) is 5.92 Å². The second-order valence-electron chi connectivity index (χ2n) is 7.95. The third kappa shape index (κ3) is 4.84. The van der Waals surface area contributed by atoms with E-state index in [0.29, 0.717) is 24.0 Å². The van der Waals surface area contributed by atoms with Crippen LogP contribution in [-0.2, 0) is 6.61 Å². The van der Waals surface area contributed by atoms with Crippen LogP contribution < -0.4 is 9.47 Å². The van der Waals surface area contributed by atoms with Gasteiger partial charge in [-0.25, -0.2) is 4.98 Å². The zero-order valence-corrected chi connectivity index (χ0v) is 18.5. The number of hydrogen-bond acceptors (Lipinski definition) is 5. The van der Waals surface area contributed by atoms with Crippen molar-refractivity contribution in [2.45, 2.75) is 26.6 Å². The fourth-order valence-corrected chi connectivity index (χ4v) is 3.33. The van der Waals surface area contributed by atoms with Gasteiger partial charge in [0.15, 0.2) is 5.76 Å². The third-order valence-corrected chi connectivity index (χ3v) is 5.26. The van der Waals surface area contributed by atoms with E-state index in [1.54, 1.807) is 7.11 Å². The van der Waals surface area contributed by atoms with E-state index in [1.165, 1.54) is 0 Å². The van der Waals surface area contributed by atoms with Crippen molar-refractivity contribution in [3.8, 4) is 34.1 Å². The smallest absolute Gasteiger partial charge is 0.224 e. The summed E-state index contributed by atoms with van der Waals surface area (Å²) in [6.45, 7) is 4.37. The summed E-state index contributed by atoms with van der Waals surface area (Å²) in [6.07, 6.45) is -0.783. The Morgan fingerprint density at radius 3 is 2.09 bits per heavy atom. The third-order valence-electron chi connectivity index (χ3n) is 5.26. The Morgan fingerprint density at radius 1 is 0.844 bits per heavy atom. The van der Waals surface area contributed by atoms with Crippen LogP contribution in [0.3, 0.4) is 0 Å². The molecule has 32 heavy (non-hydrogen) atoms. The molecular weight excluding hydrogens is 402 g/mol. The lowest BCUT2D eigenvalue weighted by molar-refractivity contribution is 0.0977. The Bertz CT molecular complexity index is 1130. The van der Waals surface area contributed by atoms with Crippen LogP contribution in [0.2, 0.25) is 0 Å². The maximum Gasteiger partial charge on any atom is 0.224 e. The maximum absolute atomic E-state index is 10.5. The predicted molar refractivity (Wildman–Crippen MR) is 124 cm³/mol. The number of aromatic nitrogens is 1. The largest absolute Gasteiger partial charge is 0.497 e. The van der Waals surface area contributed by atoms with Crippen LogP contribution in [0.1, 0.15) is 31.4 Å². The molecule has 0 saturated heterocycles. The summed E-state index contributed by atoms with van der Waals surface area (Å²) >= 11 is 0. The Morgan fingerprint density at radius 2 is 1.47 bits per heavy atom. The van der Waals surface area contributed by atoms with E-state index >= 15 is 0 Å². The molecule has 164 valence electrons. The average molecular weight is 430 g/mol. The monoisotopic (exact) mass is 429 g/mol. The number of benzene rings is 3. The zero-order chi connectivity index (χ0) is 22.5. The minimum Gasteiger partial charge on any atom is -0.497 e. The normalized spacial score (nSPS) is 12.0. The molecular formula is C27H27NO4. The number of aliphatic hydroxyl groups is 1. The molecule has 5 heteroatoms.